The van der Waals surface area contributed by atoms with Gasteiger partial charge in [0, 0.05) is 19.2 Å². The predicted molar refractivity (Wildman–Crippen MR) is 73.5 cm³/mol. The van der Waals surface area contributed by atoms with Crippen LogP contribution in [-0.4, -0.2) is 49.8 Å². The molecule has 1 atom stereocenters. The largest absolute Gasteiger partial charge is 0.375 e. The molecule has 17 heavy (non-hydrogen) atoms. The number of hydrogen-bond donors (Lipinski definition) is 1. The fraction of sp³-hybridized carbons (Fsp3) is 1.00. The van der Waals surface area contributed by atoms with Crippen molar-refractivity contribution in [3.05, 3.63) is 0 Å². The highest BCUT2D eigenvalue weighted by molar-refractivity contribution is 4.76. The third kappa shape index (κ3) is 5.84. The summed E-state index contributed by atoms with van der Waals surface area (Å²) in [6.45, 7) is 10.5. The lowest BCUT2D eigenvalue weighted by Gasteiger charge is -2.33. The van der Waals surface area contributed by atoms with Gasteiger partial charge in [-0.15, -0.1) is 0 Å². The molecule has 3 heteroatoms. The van der Waals surface area contributed by atoms with Crippen LogP contribution in [0.2, 0.25) is 0 Å². The molecule has 1 rings (SSSR count). The normalized spacial score (nSPS) is 22.9. The molecule has 1 aliphatic heterocycles. The van der Waals surface area contributed by atoms with Crippen molar-refractivity contribution in [1.29, 1.82) is 0 Å². The molecule has 0 aromatic heterocycles. The number of nitrogens with one attached hydrogen (secondary N) is 1. The van der Waals surface area contributed by atoms with Crippen LogP contribution in [0.25, 0.3) is 0 Å². The van der Waals surface area contributed by atoms with Gasteiger partial charge in [0.2, 0.25) is 0 Å². The number of likely N-dealkylation sites (tertiary alicyclic amines) is 1. The van der Waals surface area contributed by atoms with E-state index in [4.69, 9.17) is 4.74 Å². The van der Waals surface area contributed by atoms with E-state index in [1.807, 2.05) is 0 Å². The molecule has 0 aromatic rings. The molecule has 1 fully saturated rings. The maximum absolute atomic E-state index is 5.67. The van der Waals surface area contributed by atoms with Crippen LogP contribution in [0.1, 0.15) is 46.5 Å². The fourth-order valence-corrected chi connectivity index (χ4v) is 2.61. The van der Waals surface area contributed by atoms with Crippen LogP contribution in [-0.2, 0) is 4.74 Å². The average molecular weight is 242 g/mol. The molecular weight excluding hydrogens is 212 g/mol. The monoisotopic (exact) mass is 242 g/mol. The van der Waals surface area contributed by atoms with Crippen molar-refractivity contribution in [1.82, 2.24) is 10.2 Å². The van der Waals surface area contributed by atoms with Crippen LogP contribution in [0.15, 0.2) is 0 Å². The number of hydrogen-bond acceptors (Lipinski definition) is 3. The van der Waals surface area contributed by atoms with E-state index in [2.05, 4.69) is 38.0 Å². The molecule has 0 bridgehead atoms. The Balaban J connectivity index is 2.10. The van der Waals surface area contributed by atoms with E-state index < -0.39 is 0 Å². The Bertz CT molecular complexity index is 206. The Morgan fingerprint density at radius 1 is 1.35 bits per heavy atom. The van der Waals surface area contributed by atoms with E-state index in [1.54, 1.807) is 0 Å². The standard InChI is InChI=1S/C14H30N2O/c1-5-17-14(2,3)12-15-10-9-13-8-6-7-11-16(13)4/h13,15H,5-12H2,1-4H3. The van der Waals surface area contributed by atoms with Gasteiger partial charge in [-0.05, 0) is 60.2 Å². The Hall–Kier alpha value is -0.120. The van der Waals surface area contributed by atoms with Gasteiger partial charge in [0.1, 0.15) is 0 Å². The van der Waals surface area contributed by atoms with Crippen molar-refractivity contribution in [2.75, 3.05) is 33.3 Å². The molecule has 102 valence electrons. The summed E-state index contributed by atoms with van der Waals surface area (Å²) in [7, 11) is 2.26. The minimum atomic E-state index is -0.0345. The van der Waals surface area contributed by atoms with Crippen molar-refractivity contribution in [2.45, 2.75) is 58.1 Å². The third-order valence-corrected chi connectivity index (χ3v) is 3.66. The molecule has 1 aliphatic rings. The Morgan fingerprint density at radius 2 is 2.12 bits per heavy atom. The van der Waals surface area contributed by atoms with E-state index in [-0.39, 0.29) is 5.60 Å². The maximum atomic E-state index is 5.67. The zero-order valence-electron chi connectivity index (χ0n) is 12.1. The zero-order valence-corrected chi connectivity index (χ0v) is 12.1. The second-order valence-corrected chi connectivity index (χ2v) is 5.79. The molecule has 0 saturated carbocycles. The van der Waals surface area contributed by atoms with Crippen molar-refractivity contribution in [3.8, 4) is 0 Å². The molecule has 1 unspecified atom stereocenters. The van der Waals surface area contributed by atoms with E-state index in [9.17, 15) is 0 Å². The van der Waals surface area contributed by atoms with Crippen LogP contribution in [0, 0.1) is 0 Å². The summed E-state index contributed by atoms with van der Waals surface area (Å²) < 4.78 is 5.67. The quantitative estimate of drug-likeness (QED) is 0.693. The zero-order chi connectivity index (χ0) is 12.7. The summed E-state index contributed by atoms with van der Waals surface area (Å²) in [6.07, 6.45) is 5.41. The average Bonchev–Trinajstić information content (AvgIpc) is 2.26. The van der Waals surface area contributed by atoms with Crippen molar-refractivity contribution in [3.63, 3.8) is 0 Å². The van der Waals surface area contributed by atoms with Gasteiger partial charge >= 0.3 is 0 Å². The lowest BCUT2D eigenvalue weighted by molar-refractivity contribution is -0.00900. The van der Waals surface area contributed by atoms with E-state index in [0.717, 1.165) is 25.7 Å². The summed E-state index contributed by atoms with van der Waals surface area (Å²) in [5, 5.41) is 3.53. The lowest BCUT2D eigenvalue weighted by Crippen LogP contribution is -2.41. The fourth-order valence-electron chi connectivity index (χ4n) is 2.61. The summed E-state index contributed by atoms with van der Waals surface area (Å²) >= 11 is 0. The van der Waals surface area contributed by atoms with Gasteiger partial charge in [0.05, 0.1) is 5.60 Å². The molecule has 3 nitrogen and oxygen atoms in total. The van der Waals surface area contributed by atoms with Gasteiger partial charge in [-0.2, -0.15) is 0 Å². The molecular formula is C14H30N2O. The highest BCUT2D eigenvalue weighted by Gasteiger charge is 2.19. The first-order chi connectivity index (χ1) is 8.05. The molecule has 1 N–H and O–H groups in total. The van der Waals surface area contributed by atoms with E-state index in [1.165, 1.54) is 32.2 Å². The Labute approximate surface area is 107 Å². The lowest BCUT2D eigenvalue weighted by atomic mass is 10.00. The van der Waals surface area contributed by atoms with Crippen LogP contribution < -0.4 is 5.32 Å². The third-order valence-electron chi connectivity index (χ3n) is 3.66. The summed E-state index contributed by atoms with van der Waals surface area (Å²) in [5.74, 6) is 0. The molecule has 0 aromatic carbocycles. The summed E-state index contributed by atoms with van der Waals surface area (Å²) in [6, 6.07) is 0.784. The number of nitrogens with zero attached hydrogens (tertiary/aromatic N) is 1. The minimum Gasteiger partial charge on any atom is -0.375 e. The van der Waals surface area contributed by atoms with E-state index in [0.29, 0.717) is 0 Å². The Morgan fingerprint density at radius 3 is 2.76 bits per heavy atom. The van der Waals surface area contributed by atoms with Gasteiger partial charge in [-0.25, -0.2) is 0 Å². The van der Waals surface area contributed by atoms with Crippen LogP contribution in [0.5, 0.6) is 0 Å². The van der Waals surface area contributed by atoms with Gasteiger partial charge < -0.3 is 15.0 Å². The molecule has 0 aliphatic carbocycles. The summed E-state index contributed by atoms with van der Waals surface area (Å²) in [5.41, 5.74) is -0.0345. The number of piperidine rings is 1. The van der Waals surface area contributed by atoms with Crippen LogP contribution in [0.3, 0.4) is 0 Å². The van der Waals surface area contributed by atoms with Crippen molar-refractivity contribution in [2.24, 2.45) is 0 Å². The topological polar surface area (TPSA) is 24.5 Å². The highest BCUT2D eigenvalue weighted by Crippen LogP contribution is 2.17. The van der Waals surface area contributed by atoms with Gasteiger partial charge in [0.25, 0.3) is 0 Å². The molecule has 0 amide bonds. The van der Waals surface area contributed by atoms with E-state index >= 15 is 0 Å². The van der Waals surface area contributed by atoms with Gasteiger partial charge in [0.15, 0.2) is 0 Å². The predicted octanol–water partition coefficient (Wildman–Crippen LogP) is 2.27. The van der Waals surface area contributed by atoms with Crippen LogP contribution in [0.4, 0.5) is 0 Å². The first-order valence-corrected chi connectivity index (χ1v) is 7.10. The minimum absolute atomic E-state index is 0.0345. The smallest absolute Gasteiger partial charge is 0.0750 e. The first-order valence-electron chi connectivity index (χ1n) is 7.10. The van der Waals surface area contributed by atoms with Gasteiger partial charge in [-0.3, -0.25) is 0 Å². The summed E-state index contributed by atoms with van der Waals surface area (Å²) in [4.78, 5) is 2.51. The molecule has 1 saturated heterocycles. The second kappa shape index (κ2) is 7.34. The SMILES string of the molecule is CCOC(C)(C)CNCCC1CCCCN1C. The highest BCUT2D eigenvalue weighted by atomic mass is 16.5. The molecule has 0 spiro atoms. The maximum Gasteiger partial charge on any atom is 0.0750 e. The second-order valence-electron chi connectivity index (χ2n) is 5.79. The van der Waals surface area contributed by atoms with Crippen molar-refractivity contribution < 1.29 is 4.74 Å². The Kier molecular flexibility index (Phi) is 6.45. The van der Waals surface area contributed by atoms with Gasteiger partial charge in [-0.1, -0.05) is 6.42 Å². The first kappa shape index (κ1) is 14.9. The van der Waals surface area contributed by atoms with Crippen LogP contribution >= 0.6 is 0 Å². The number of rotatable bonds is 7. The number of ether oxygens (including phenoxy) is 1. The molecule has 1 heterocycles. The molecule has 0 radical (unpaired) electrons. The van der Waals surface area contributed by atoms with Crippen molar-refractivity contribution >= 4 is 0 Å².